The molecule has 2 aliphatic rings. The maximum absolute atomic E-state index is 10.3. The smallest absolute Gasteiger partial charge is 0.320 e. The van der Waals surface area contributed by atoms with Gasteiger partial charge in [-0.2, -0.15) is 0 Å². The van der Waals surface area contributed by atoms with Crippen LogP contribution in [0.1, 0.15) is 42.6 Å². The fourth-order valence-electron chi connectivity index (χ4n) is 4.27. The van der Waals surface area contributed by atoms with Crippen LogP contribution in [0.15, 0.2) is 42.5 Å². The average molecular weight is 613 g/mol. The number of halogens is 1. The van der Waals surface area contributed by atoms with E-state index in [1.54, 1.807) is 39.3 Å². The quantitative estimate of drug-likeness (QED) is 0.210. The molecular formula is C29H41ClN2O10. The molecule has 7 atom stereocenters. The Morgan fingerprint density at radius 1 is 1.10 bits per heavy atom. The number of carboxylic acids is 2. The lowest BCUT2D eigenvalue weighted by molar-refractivity contribution is -0.231. The number of rotatable bonds is 8. The summed E-state index contributed by atoms with van der Waals surface area (Å²) in [7, 11) is 3.22. The second-order valence-electron chi connectivity index (χ2n) is 9.96. The minimum absolute atomic E-state index is 0.269. The Bertz CT molecular complexity index is 1130. The zero-order chi connectivity index (χ0) is 31.4. The minimum atomic E-state index is -1.42. The number of carboxylic acid groups (broad SMARTS) is 2. The molecule has 8 N–H and O–H groups in total. The molecule has 0 unspecified atom stereocenters. The van der Waals surface area contributed by atoms with Crippen molar-refractivity contribution in [3.05, 3.63) is 64.2 Å². The summed E-state index contributed by atoms with van der Waals surface area (Å²) in [5, 5.41) is 62.1. The maximum atomic E-state index is 10.3. The predicted molar refractivity (Wildman–Crippen MR) is 155 cm³/mol. The molecule has 2 aromatic rings. The number of nitrogens with one attached hydrogen (secondary N) is 2. The van der Waals surface area contributed by atoms with Gasteiger partial charge in [0.1, 0.15) is 48.4 Å². The minimum Gasteiger partial charge on any atom is -0.497 e. The van der Waals surface area contributed by atoms with Crippen molar-refractivity contribution in [2.75, 3.05) is 27.3 Å². The number of aliphatic hydroxyl groups is 4. The topological polar surface area (TPSA) is 198 Å². The number of carbonyl (C=O) groups is 2. The number of ether oxygens (including phenoxy) is 2. The van der Waals surface area contributed by atoms with E-state index in [0.29, 0.717) is 17.0 Å². The first-order valence-electron chi connectivity index (χ1n) is 13.5. The first-order valence-corrected chi connectivity index (χ1v) is 13.9. The van der Waals surface area contributed by atoms with Gasteiger partial charge in [0.05, 0.1) is 13.7 Å². The van der Waals surface area contributed by atoms with E-state index in [2.05, 4.69) is 10.6 Å². The highest BCUT2D eigenvalue weighted by molar-refractivity contribution is 6.31. The molecule has 0 amide bonds. The summed E-state index contributed by atoms with van der Waals surface area (Å²) in [5.41, 5.74) is 2.47. The first-order chi connectivity index (χ1) is 19.9. The number of hydrogen-bond acceptors (Lipinski definition) is 10. The van der Waals surface area contributed by atoms with E-state index >= 15 is 0 Å². The Kier molecular flexibility index (Phi) is 14.6. The summed E-state index contributed by atoms with van der Waals surface area (Å²) in [4.78, 5) is 20.0. The van der Waals surface area contributed by atoms with Gasteiger partial charge in [0.25, 0.3) is 0 Å². The molecule has 2 aromatic carbocycles. The van der Waals surface area contributed by atoms with Gasteiger partial charge in [-0.1, -0.05) is 35.9 Å². The highest BCUT2D eigenvalue weighted by Crippen LogP contribution is 2.34. The number of benzene rings is 2. The van der Waals surface area contributed by atoms with Gasteiger partial charge in [-0.25, -0.2) is 0 Å². The lowest BCUT2D eigenvalue weighted by Gasteiger charge is -2.40. The Morgan fingerprint density at radius 3 is 2.21 bits per heavy atom. The van der Waals surface area contributed by atoms with Crippen LogP contribution in [0.25, 0.3) is 0 Å². The summed E-state index contributed by atoms with van der Waals surface area (Å²) in [5.74, 6) is -0.773. The standard InChI is InChI=1S/C20H23ClO6.C5H9NO2.C4H9NO2/c1-26-14-5-2-11(3-6-14)8-13-9-12(4-7-15(13)21)20-19(25)18(24)17(23)16(10-22)27-20;7-5(8)4-2-1-3-6-4;1-3(5-2)4(6)7/h2-7,9,16-20,22-25H,8,10H2,1H3;4,6H,1-3H2,(H,7,8);3,5H,1-2H3,(H,6,7)/t16-,17-,18+,19-,20+;4-;3-/m100/s1. The summed E-state index contributed by atoms with van der Waals surface area (Å²) in [6.45, 7) is 1.98. The van der Waals surface area contributed by atoms with Crippen LogP contribution in [0.3, 0.4) is 0 Å². The van der Waals surface area contributed by atoms with Gasteiger partial charge >= 0.3 is 11.9 Å². The third-order valence-electron chi connectivity index (χ3n) is 7.01. The second kappa shape index (κ2) is 17.3. The van der Waals surface area contributed by atoms with Crippen molar-refractivity contribution in [2.24, 2.45) is 0 Å². The molecule has 2 saturated heterocycles. The van der Waals surface area contributed by atoms with Crippen LogP contribution in [-0.4, -0.2) is 106 Å². The molecule has 12 nitrogen and oxygen atoms in total. The van der Waals surface area contributed by atoms with Crippen molar-refractivity contribution in [3.63, 3.8) is 0 Å². The molecule has 2 aliphatic heterocycles. The molecule has 0 radical (unpaired) electrons. The molecule has 13 heteroatoms. The van der Waals surface area contributed by atoms with Crippen molar-refractivity contribution in [1.29, 1.82) is 0 Å². The van der Waals surface area contributed by atoms with E-state index < -0.39 is 55.1 Å². The van der Waals surface area contributed by atoms with Crippen LogP contribution in [0.2, 0.25) is 5.02 Å². The predicted octanol–water partition coefficient (Wildman–Crippen LogP) is 0.956. The summed E-state index contributed by atoms with van der Waals surface area (Å²) in [6, 6.07) is 12.1. The van der Waals surface area contributed by atoms with E-state index in [1.807, 2.05) is 24.3 Å². The van der Waals surface area contributed by atoms with Gasteiger partial charge in [0.2, 0.25) is 0 Å². The van der Waals surface area contributed by atoms with Gasteiger partial charge in [-0.05, 0) is 74.7 Å². The van der Waals surface area contributed by atoms with Crippen LogP contribution in [-0.2, 0) is 20.7 Å². The van der Waals surface area contributed by atoms with Crippen molar-refractivity contribution in [3.8, 4) is 5.75 Å². The third-order valence-corrected chi connectivity index (χ3v) is 7.37. The number of likely N-dealkylation sites (N-methyl/N-ethyl adjacent to an activating group) is 1. The van der Waals surface area contributed by atoms with E-state index in [1.165, 1.54) is 0 Å². The SMILES string of the molecule is CN[C@@H](C)C(=O)O.COc1ccc(Cc2cc([C@@H]3O[C@H](CO)[C@@H](O)[C@H](O)[C@H]3O)ccc2Cl)cc1.O=C(O)[C@@H]1CCCN1. The van der Waals surface area contributed by atoms with Gasteiger partial charge in [0, 0.05) is 5.02 Å². The lowest BCUT2D eigenvalue weighted by atomic mass is 9.90. The molecule has 2 fully saturated rings. The van der Waals surface area contributed by atoms with Crippen LogP contribution >= 0.6 is 11.6 Å². The van der Waals surface area contributed by atoms with Crippen molar-refractivity contribution >= 4 is 23.5 Å². The Hall–Kier alpha value is -2.81. The Morgan fingerprint density at radius 2 is 1.76 bits per heavy atom. The largest absolute Gasteiger partial charge is 0.497 e. The van der Waals surface area contributed by atoms with E-state index in [9.17, 15) is 30.0 Å². The summed E-state index contributed by atoms with van der Waals surface area (Å²) in [6.07, 6.45) is -3.60. The highest BCUT2D eigenvalue weighted by Gasteiger charge is 2.44. The van der Waals surface area contributed by atoms with Gasteiger partial charge in [0.15, 0.2) is 0 Å². The van der Waals surface area contributed by atoms with Crippen LogP contribution in [0, 0.1) is 0 Å². The molecule has 2 heterocycles. The number of hydrogen-bond donors (Lipinski definition) is 8. The summed E-state index contributed by atoms with van der Waals surface area (Å²) >= 11 is 6.33. The Labute approximate surface area is 249 Å². The molecule has 0 bridgehead atoms. The molecule has 0 aliphatic carbocycles. The molecular weight excluding hydrogens is 572 g/mol. The van der Waals surface area contributed by atoms with Gasteiger partial charge in [-0.3, -0.25) is 9.59 Å². The molecule has 0 spiro atoms. The Balaban J connectivity index is 0.000000335. The molecule has 0 aromatic heterocycles. The number of methoxy groups -OCH3 is 1. The molecule has 0 saturated carbocycles. The van der Waals surface area contributed by atoms with Crippen LogP contribution in [0.4, 0.5) is 0 Å². The lowest BCUT2D eigenvalue weighted by Crippen LogP contribution is -2.55. The van der Waals surface area contributed by atoms with Crippen molar-refractivity contribution < 1.29 is 49.7 Å². The molecule has 234 valence electrons. The van der Waals surface area contributed by atoms with E-state index in [-0.39, 0.29) is 6.04 Å². The third kappa shape index (κ3) is 10.2. The molecule has 42 heavy (non-hydrogen) atoms. The van der Waals surface area contributed by atoms with Crippen LogP contribution in [0.5, 0.6) is 5.75 Å². The zero-order valence-corrected chi connectivity index (χ0v) is 24.6. The van der Waals surface area contributed by atoms with E-state index in [4.69, 9.17) is 31.3 Å². The normalized spacial score (nSPS) is 25.7. The summed E-state index contributed by atoms with van der Waals surface area (Å²) < 4.78 is 10.8. The van der Waals surface area contributed by atoms with Gasteiger partial charge in [-0.15, -0.1) is 0 Å². The van der Waals surface area contributed by atoms with Crippen LogP contribution < -0.4 is 15.4 Å². The highest BCUT2D eigenvalue weighted by atomic mass is 35.5. The first kappa shape index (κ1) is 35.4. The maximum Gasteiger partial charge on any atom is 0.320 e. The monoisotopic (exact) mass is 612 g/mol. The van der Waals surface area contributed by atoms with E-state index in [0.717, 1.165) is 36.3 Å². The number of aliphatic hydroxyl groups excluding tert-OH is 4. The fourth-order valence-corrected chi connectivity index (χ4v) is 4.45. The molecule has 4 rings (SSSR count). The van der Waals surface area contributed by atoms with Gasteiger partial charge < -0.3 is 50.7 Å². The fraction of sp³-hybridized carbons (Fsp3) is 0.517. The van der Waals surface area contributed by atoms with Crippen molar-refractivity contribution in [2.45, 2.75) is 68.8 Å². The number of aliphatic carboxylic acids is 2. The van der Waals surface area contributed by atoms with Crippen molar-refractivity contribution in [1.82, 2.24) is 10.6 Å². The average Bonchev–Trinajstić information content (AvgIpc) is 3.54. The zero-order valence-electron chi connectivity index (χ0n) is 23.8. The second-order valence-corrected chi connectivity index (χ2v) is 10.4.